The fourth-order valence-corrected chi connectivity index (χ4v) is 3.78. The maximum atomic E-state index is 12.7. The van der Waals surface area contributed by atoms with Gasteiger partial charge >= 0.3 is 0 Å². The van der Waals surface area contributed by atoms with Crippen LogP contribution in [-0.4, -0.2) is 36.3 Å². The first kappa shape index (κ1) is 19.5. The van der Waals surface area contributed by atoms with Crippen LogP contribution in [0.4, 0.5) is 0 Å². The molecule has 0 spiro atoms. The van der Waals surface area contributed by atoms with Gasteiger partial charge in [0.15, 0.2) is 0 Å². The quantitative estimate of drug-likeness (QED) is 0.756. The van der Waals surface area contributed by atoms with Crippen LogP contribution in [0.15, 0.2) is 47.4 Å². The Morgan fingerprint density at radius 2 is 1.80 bits per heavy atom. The molecule has 1 unspecified atom stereocenters. The number of sulfonamides is 1. The third-order valence-corrected chi connectivity index (χ3v) is 5.44. The van der Waals surface area contributed by atoms with Crippen molar-refractivity contribution in [2.75, 3.05) is 27.9 Å². The van der Waals surface area contributed by atoms with Crippen LogP contribution in [0.5, 0.6) is 11.5 Å². The summed E-state index contributed by atoms with van der Waals surface area (Å²) in [5.41, 5.74) is 0.701. The summed E-state index contributed by atoms with van der Waals surface area (Å²) in [5.74, 6) is 0.635. The summed E-state index contributed by atoms with van der Waals surface area (Å²) in [4.78, 5) is -0.0108. The van der Waals surface area contributed by atoms with Gasteiger partial charge < -0.3 is 14.2 Å². The van der Waals surface area contributed by atoms with Gasteiger partial charge in [0.1, 0.15) is 16.4 Å². The van der Waals surface area contributed by atoms with Crippen molar-refractivity contribution in [2.24, 2.45) is 0 Å². The van der Waals surface area contributed by atoms with Gasteiger partial charge in [0, 0.05) is 30.3 Å². The van der Waals surface area contributed by atoms with Gasteiger partial charge in [-0.15, -0.1) is 0 Å². The van der Waals surface area contributed by atoms with Crippen molar-refractivity contribution in [3.8, 4) is 11.5 Å². The lowest BCUT2D eigenvalue weighted by atomic mass is 10.1. The zero-order chi connectivity index (χ0) is 18.4. The highest BCUT2D eigenvalue weighted by molar-refractivity contribution is 7.89. The van der Waals surface area contributed by atoms with E-state index in [0.29, 0.717) is 16.3 Å². The largest absolute Gasteiger partial charge is 0.497 e. The summed E-state index contributed by atoms with van der Waals surface area (Å²) >= 11 is 6.16. The summed E-state index contributed by atoms with van der Waals surface area (Å²) < 4.78 is 43.5. The maximum Gasteiger partial charge on any atom is 0.244 e. The molecule has 0 amide bonds. The number of hydrogen-bond donors (Lipinski definition) is 1. The molecule has 0 saturated carbocycles. The average molecular weight is 386 g/mol. The highest BCUT2D eigenvalue weighted by atomic mass is 35.5. The van der Waals surface area contributed by atoms with Gasteiger partial charge in [0.2, 0.25) is 10.0 Å². The topological polar surface area (TPSA) is 73.9 Å². The fraction of sp³-hybridized carbons (Fsp3) is 0.294. The van der Waals surface area contributed by atoms with E-state index in [-0.39, 0.29) is 17.2 Å². The third kappa shape index (κ3) is 4.64. The standard InChI is InChI=1S/C17H20ClNO5S/c1-22-12-8-9-15(23-2)17(10-12)25(20,21)19-11-16(24-3)13-6-4-5-7-14(13)18/h4-10,16,19H,11H2,1-3H3. The normalized spacial score (nSPS) is 12.6. The zero-order valence-electron chi connectivity index (χ0n) is 14.2. The van der Waals surface area contributed by atoms with E-state index in [0.717, 1.165) is 0 Å². The lowest BCUT2D eigenvalue weighted by molar-refractivity contribution is 0.107. The Morgan fingerprint density at radius 3 is 2.40 bits per heavy atom. The smallest absolute Gasteiger partial charge is 0.244 e. The molecule has 1 N–H and O–H groups in total. The number of nitrogens with one attached hydrogen (secondary N) is 1. The van der Waals surface area contributed by atoms with Crippen molar-refractivity contribution in [2.45, 2.75) is 11.0 Å². The van der Waals surface area contributed by atoms with Gasteiger partial charge in [0.05, 0.1) is 20.3 Å². The molecule has 1 atom stereocenters. The second-order valence-corrected chi connectivity index (χ2v) is 7.26. The molecule has 0 fully saturated rings. The number of rotatable bonds is 8. The van der Waals surface area contributed by atoms with E-state index in [1.807, 2.05) is 6.07 Å². The minimum Gasteiger partial charge on any atom is -0.497 e. The molecular weight excluding hydrogens is 366 g/mol. The predicted octanol–water partition coefficient (Wildman–Crippen LogP) is 3.02. The molecule has 0 aromatic heterocycles. The molecule has 0 saturated heterocycles. The summed E-state index contributed by atoms with van der Waals surface area (Å²) in [6, 6.07) is 11.7. The lowest BCUT2D eigenvalue weighted by Crippen LogP contribution is -2.29. The van der Waals surface area contributed by atoms with E-state index in [9.17, 15) is 8.42 Å². The van der Waals surface area contributed by atoms with Crippen molar-refractivity contribution in [3.63, 3.8) is 0 Å². The molecule has 0 bridgehead atoms. The van der Waals surface area contributed by atoms with Crippen LogP contribution >= 0.6 is 11.6 Å². The molecule has 0 heterocycles. The van der Waals surface area contributed by atoms with Crippen LogP contribution in [0.2, 0.25) is 5.02 Å². The van der Waals surface area contributed by atoms with E-state index >= 15 is 0 Å². The van der Waals surface area contributed by atoms with Crippen molar-refractivity contribution in [1.82, 2.24) is 4.72 Å². The second kappa shape index (κ2) is 8.53. The molecular formula is C17H20ClNO5S. The van der Waals surface area contributed by atoms with Crippen LogP contribution in [0.25, 0.3) is 0 Å². The average Bonchev–Trinajstić information content (AvgIpc) is 2.63. The Kier molecular flexibility index (Phi) is 6.66. The molecule has 0 aliphatic heterocycles. The SMILES string of the molecule is COc1ccc(OC)c(S(=O)(=O)NCC(OC)c2ccccc2Cl)c1. The second-order valence-electron chi connectivity index (χ2n) is 5.11. The first-order valence-corrected chi connectivity index (χ1v) is 9.28. The van der Waals surface area contributed by atoms with Gasteiger partial charge in [-0.3, -0.25) is 0 Å². The van der Waals surface area contributed by atoms with Gasteiger partial charge in [-0.1, -0.05) is 29.8 Å². The van der Waals surface area contributed by atoms with Crippen molar-refractivity contribution in [3.05, 3.63) is 53.1 Å². The number of methoxy groups -OCH3 is 3. The Hall–Kier alpha value is -1.80. The Bertz CT molecular complexity index is 826. The van der Waals surface area contributed by atoms with Crippen LogP contribution in [-0.2, 0) is 14.8 Å². The molecule has 2 rings (SSSR count). The zero-order valence-corrected chi connectivity index (χ0v) is 15.7. The number of ether oxygens (including phenoxy) is 3. The van der Waals surface area contributed by atoms with Gasteiger partial charge in [-0.05, 0) is 18.2 Å². The molecule has 0 radical (unpaired) electrons. The first-order valence-electron chi connectivity index (χ1n) is 7.42. The minimum atomic E-state index is -3.84. The molecule has 2 aromatic rings. The van der Waals surface area contributed by atoms with E-state index < -0.39 is 16.1 Å². The number of hydrogen-bond acceptors (Lipinski definition) is 5. The third-order valence-electron chi connectivity index (χ3n) is 3.66. The van der Waals surface area contributed by atoms with Crippen molar-refractivity contribution < 1.29 is 22.6 Å². The van der Waals surface area contributed by atoms with Gasteiger partial charge in [-0.2, -0.15) is 0 Å². The van der Waals surface area contributed by atoms with Gasteiger partial charge in [0.25, 0.3) is 0 Å². The Balaban J connectivity index is 2.25. The summed E-state index contributed by atoms with van der Waals surface area (Å²) in [6.07, 6.45) is -0.528. The van der Waals surface area contributed by atoms with Gasteiger partial charge in [-0.25, -0.2) is 13.1 Å². The summed E-state index contributed by atoms with van der Waals surface area (Å²) in [6.45, 7) is 0.0168. The molecule has 6 nitrogen and oxygen atoms in total. The summed E-state index contributed by atoms with van der Waals surface area (Å²) in [5, 5.41) is 0.507. The highest BCUT2D eigenvalue weighted by Gasteiger charge is 2.23. The van der Waals surface area contributed by atoms with Crippen molar-refractivity contribution in [1.29, 1.82) is 0 Å². The molecule has 136 valence electrons. The van der Waals surface area contributed by atoms with Crippen LogP contribution in [0.1, 0.15) is 11.7 Å². The first-order chi connectivity index (χ1) is 11.9. The number of halogens is 1. The van der Waals surface area contributed by atoms with E-state index in [1.54, 1.807) is 24.3 Å². The van der Waals surface area contributed by atoms with E-state index in [2.05, 4.69) is 4.72 Å². The molecule has 0 aliphatic rings. The highest BCUT2D eigenvalue weighted by Crippen LogP contribution is 2.29. The monoisotopic (exact) mass is 385 g/mol. The molecule has 25 heavy (non-hydrogen) atoms. The molecule has 8 heteroatoms. The predicted molar refractivity (Wildman–Crippen MR) is 95.9 cm³/mol. The fourth-order valence-electron chi connectivity index (χ4n) is 2.31. The maximum absolute atomic E-state index is 12.7. The van der Waals surface area contributed by atoms with Crippen LogP contribution < -0.4 is 14.2 Å². The summed E-state index contributed by atoms with van der Waals surface area (Å²) in [7, 11) is 0.522. The lowest BCUT2D eigenvalue weighted by Gasteiger charge is -2.18. The number of benzene rings is 2. The van der Waals surface area contributed by atoms with E-state index in [4.69, 9.17) is 25.8 Å². The minimum absolute atomic E-state index is 0.0108. The molecule has 2 aromatic carbocycles. The molecule has 0 aliphatic carbocycles. The Morgan fingerprint density at radius 1 is 1.08 bits per heavy atom. The van der Waals surface area contributed by atoms with Crippen LogP contribution in [0, 0.1) is 0 Å². The Labute approximate surface area is 152 Å². The van der Waals surface area contributed by atoms with Crippen molar-refractivity contribution >= 4 is 21.6 Å². The van der Waals surface area contributed by atoms with E-state index in [1.165, 1.54) is 33.5 Å². The van der Waals surface area contributed by atoms with Crippen LogP contribution in [0.3, 0.4) is 0 Å².